The largest absolute Gasteiger partial charge is 0.353 e. The van der Waals surface area contributed by atoms with Crippen molar-refractivity contribution < 1.29 is 9.59 Å². The summed E-state index contributed by atoms with van der Waals surface area (Å²) in [6, 6.07) is 5.96. The fraction of sp³-hybridized carbons (Fsp3) is 0.720. The maximum atomic E-state index is 12.9. The maximum Gasteiger partial charge on any atom is 0.236 e. The van der Waals surface area contributed by atoms with Crippen LogP contribution in [0.2, 0.25) is 0 Å². The first-order valence-electron chi connectivity index (χ1n) is 12.6. The second-order valence-corrected chi connectivity index (χ2v) is 9.63. The van der Waals surface area contributed by atoms with E-state index in [1.54, 1.807) is 0 Å². The van der Waals surface area contributed by atoms with Gasteiger partial charge >= 0.3 is 0 Å². The third-order valence-corrected chi connectivity index (χ3v) is 7.30. The highest BCUT2D eigenvalue weighted by Gasteiger charge is 2.27. The zero-order chi connectivity index (χ0) is 22.2. The van der Waals surface area contributed by atoms with Gasteiger partial charge < -0.3 is 14.7 Å². The molecule has 0 aliphatic carbocycles. The number of likely N-dealkylation sites (tertiary alicyclic amines) is 2. The van der Waals surface area contributed by atoms with Crippen molar-refractivity contribution in [2.45, 2.75) is 51.4 Å². The SMILES string of the molecule is O=C(CCC1CCCN(C(=O)CN2CCCCCC2)C1)N1CCN(c2ccccn2)CC1. The molecule has 3 aliphatic rings. The highest BCUT2D eigenvalue weighted by Crippen LogP contribution is 2.22. The molecule has 1 aromatic rings. The monoisotopic (exact) mass is 441 g/mol. The summed E-state index contributed by atoms with van der Waals surface area (Å²) in [6.07, 6.45) is 10.5. The molecule has 3 saturated heterocycles. The fourth-order valence-electron chi connectivity index (χ4n) is 5.32. The Morgan fingerprint density at radius 3 is 2.34 bits per heavy atom. The molecule has 1 atom stereocenters. The summed E-state index contributed by atoms with van der Waals surface area (Å²) in [7, 11) is 0. The molecular weight excluding hydrogens is 402 g/mol. The van der Waals surface area contributed by atoms with Crippen molar-refractivity contribution in [2.24, 2.45) is 5.92 Å². The first-order chi connectivity index (χ1) is 15.7. The molecule has 4 rings (SSSR count). The van der Waals surface area contributed by atoms with Crippen LogP contribution in [0.25, 0.3) is 0 Å². The van der Waals surface area contributed by atoms with Gasteiger partial charge in [0, 0.05) is 51.9 Å². The number of rotatable bonds is 6. The Labute approximate surface area is 192 Å². The van der Waals surface area contributed by atoms with Crippen molar-refractivity contribution in [3.8, 4) is 0 Å². The minimum Gasteiger partial charge on any atom is -0.353 e. The summed E-state index contributed by atoms with van der Waals surface area (Å²) in [4.78, 5) is 38.7. The number of anilines is 1. The lowest BCUT2D eigenvalue weighted by molar-refractivity contribution is -0.134. The van der Waals surface area contributed by atoms with E-state index in [9.17, 15) is 9.59 Å². The average molecular weight is 442 g/mol. The van der Waals surface area contributed by atoms with E-state index in [1.807, 2.05) is 29.3 Å². The number of pyridine rings is 1. The summed E-state index contributed by atoms with van der Waals surface area (Å²) >= 11 is 0. The highest BCUT2D eigenvalue weighted by atomic mass is 16.2. The van der Waals surface area contributed by atoms with Crippen molar-refractivity contribution in [1.29, 1.82) is 0 Å². The molecule has 0 radical (unpaired) electrons. The Bertz CT molecular complexity index is 727. The van der Waals surface area contributed by atoms with Crippen LogP contribution in [0.3, 0.4) is 0 Å². The molecule has 32 heavy (non-hydrogen) atoms. The molecule has 0 bridgehead atoms. The van der Waals surface area contributed by atoms with Crippen LogP contribution in [0.15, 0.2) is 24.4 Å². The third kappa shape index (κ3) is 6.44. The fourth-order valence-corrected chi connectivity index (χ4v) is 5.32. The molecule has 7 heteroatoms. The van der Waals surface area contributed by atoms with Crippen LogP contribution in [0.1, 0.15) is 51.4 Å². The highest BCUT2D eigenvalue weighted by molar-refractivity contribution is 5.78. The molecule has 0 aromatic carbocycles. The number of piperidine rings is 1. The first kappa shape index (κ1) is 23.0. The Morgan fingerprint density at radius 2 is 1.62 bits per heavy atom. The predicted molar refractivity (Wildman–Crippen MR) is 126 cm³/mol. The van der Waals surface area contributed by atoms with E-state index in [2.05, 4.69) is 19.7 Å². The van der Waals surface area contributed by atoms with Gasteiger partial charge in [-0.1, -0.05) is 18.9 Å². The minimum atomic E-state index is 0.263. The average Bonchev–Trinajstić information content (AvgIpc) is 3.12. The van der Waals surface area contributed by atoms with Gasteiger partial charge in [-0.2, -0.15) is 0 Å². The van der Waals surface area contributed by atoms with Crippen molar-refractivity contribution in [2.75, 3.05) is 63.8 Å². The van der Waals surface area contributed by atoms with Gasteiger partial charge in [-0.3, -0.25) is 14.5 Å². The Hall–Kier alpha value is -2.15. The number of carbonyl (C=O) groups excluding carboxylic acids is 2. The normalized spacial score (nSPS) is 23.1. The van der Waals surface area contributed by atoms with Gasteiger partial charge in [0.2, 0.25) is 11.8 Å². The van der Waals surface area contributed by atoms with E-state index in [0.29, 0.717) is 18.9 Å². The van der Waals surface area contributed by atoms with Crippen LogP contribution in [0.4, 0.5) is 5.82 Å². The van der Waals surface area contributed by atoms with Gasteiger partial charge in [0.05, 0.1) is 6.54 Å². The van der Waals surface area contributed by atoms with E-state index in [1.165, 1.54) is 25.7 Å². The van der Waals surface area contributed by atoms with Gasteiger partial charge in [-0.15, -0.1) is 0 Å². The number of nitrogens with zero attached hydrogens (tertiary/aromatic N) is 5. The lowest BCUT2D eigenvalue weighted by atomic mass is 9.93. The lowest BCUT2D eigenvalue weighted by Gasteiger charge is -2.36. The number of piperazine rings is 1. The van der Waals surface area contributed by atoms with Crippen LogP contribution in [-0.4, -0.2) is 90.4 Å². The van der Waals surface area contributed by atoms with Gasteiger partial charge in [0.15, 0.2) is 0 Å². The summed E-state index contributed by atoms with van der Waals surface area (Å²) in [6.45, 7) is 7.61. The predicted octanol–water partition coefficient (Wildman–Crippen LogP) is 2.63. The van der Waals surface area contributed by atoms with Crippen LogP contribution in [-0.2, 0) is 9.59 Å². The summed E-state index contributed by atoms with van der Waals surface area (Å²) < 4.78 is 0. The molecule has 3 fully saturated rings. The zero-order valence-electron chi connectivity index (χ0n) is 19.5. The Morgan fingerprint density at radius 1 is 0.844 bits per heavy atom. The summed E-state index contributed by atoms with van der Waals surface area (Å²) in [5.74, 6) is 1.99. The number of hydrogen-bond donors (Lipinski definition) is 0. The molecule has 0 N–H and O–H groups in total. The molecule has 0 spiro atoms. The van der Waals surface area contributed by atoms with Crippen LogP contribution in [0.5, 0.6) is 0 Å². The maximum absolute atomic E-state index is 12.9. The minimum absolute atomic E-state index is 0.263. The van der Waals surface area contributed by atoms with Crippen molar-refractivity contribution in [3.05, 3.63) is 24.4 Å². The smallest absolute Gasteiger partial charge is 0.236 e. The topological polar surface area (TPSA) is 60.0 Å². The molecular formula is C25H39N5O2. The molecule has 3 aliphatic heterocycles. The summed E-state index contributed by atoms with van der Waals surface area (Å²) in [5.41, 5.74) is 0. The molecule has 7 nitrogen and oxygen atoms in total. The molecule has 2 amide bonds. The van der Waals surface area contributed by atoms with E-state index < -0.39 is 0 Å². The van der Waals surface area contributed by atoms with E-state index >= 15 is 0 Å². The molecule has 176 valence electrons. The van der Waals surface area contributed by atoms with Gasteiger partial charge in [0.1, 0.15) is 5.82 Å². The molecule has 0 saturated carbocycles. The van der Waals surface area contributed by atoms with Gasteiger partial charge in [-0.05, 0) is 63.2 Å². The second kappa shape index (κ2) is 11.6. The van der Waals surface area contributed by atoms with Crippen LogP contribution in [0, 0.1) is 5.92 Å². The van der Waals surface area contributed by atoms with Crippen molar-refractivity contribution >= 4 is 17.6 Å². The Kier molecular flexibility index (Phi) is 8.37. The molecule has 1 aromatic heterocycles. The van der Waals surface area contributed by atoms with E-state index in [-0.39, 0.29) is 11.8 Å². The van der Waals surface area contributed by atoms with Crippen molar-refractivity contribution in [3.63, 3.8) is 0 Å². The second-order valence-electron chi connectivity index (χ2n) is 9.63. The first-order valence-corrected chi connectivity index (χ1v) is 12.6. The Balaban J connectivity index is 1.17. The molecule has 1 unspecified atom stereocenters. The van der Waals surface area contributed by atoms with Crippen LogP contribution < -0.4 is 4.90 Å². The van der Waals surface area contributed by atoms with Crippen molar-refractivity contribution in [1.82, 2.24) is 19.7 Å². The zero-order valence-corrected chi connectivity index (χ0v) is 19.5. The number of amides is 2. The third-order valence-electron chi connectivity index (χ3n) is 7.30. The summed E-state index contributed by atoms with van der Waals surface area (Å²) in [5, 5.41) is 0. The van der Waals surface area contributed by atoms with Crippen LogP contribution >= 0.6 is 0 Å². The van der Waals surface area contributed by atoms with Gasteiger partial charge in [0.25, 0.3) is 0 Å². The number of hydrogen-bond acceptors (Lipinski definition) is 5. The number of carbonyl (C=O) groups is 2. The number of aromatic nitrogens is 1. The quantitative estimate of drug-likeness (QED) is 0.679. The molecule has 4 heterocycles. The lowest BCUT2D eigenvalue weighted by Crippen LogP contribution is -2.49. The van der Waals surface area contributed by atoms with E-state index in [0.717, 1.165) is 77.4 Å². The standard InChI is InChI=1S/C25H39N5O2/c31-24(29-18-16-28(17-19-29)23-9-3-4-12-26-23)11-10-22-8-7-15-30(20-22)25(32)21-27-13-5-1-2-6-14-27/h3-4,9,12,22H,1-2,5-8,10-11,13-21H2. The van der Waals surface area contributed by atoms with E-state index in [4.69, 9.17) is 0 Å². The van der Waals surface area contributed by atoms with Gasteiger partial charge in [-0.25, -0.2) is 4.98 Å².